The van der Waals surface area contributed by atoms with Crippen molar-refractivity contribution >= 4 is 39.1 Å². The van der Waals surface area contributed by atoms with E-state index < -0.39 is 10.0 Å². The molecule has 5 nitrogen and oxygen atoms in total. The number of carbonyl (C=O) groups is 1. The molecule has 0 aromatic heterocycles. The van der Waals surface area contributed by atoms with Gasteiger partial charge in [-0.2, -0.15) is 0 Å². The molecule has 1 amide bonds. The van der Waals surface area contributed by atoms with Crippen LogP contribution in [0.2, 0.25) is 10.0 Å². The van der Waals surface area contributed by atoms with Gasteiger partial charge in [0.2, 0.25) is 15.9 Å². The molecule has 1 heterocycles. The maximum atomic E-state index is 12.9. The van der Waals surface area contributed by atoms with E-state index in [1.54, 1.807) is 18.2 Å². The highest BCUT2D eigenvalue weighted by Gasteiger charge is 2.33. The first-order valence-corrected chi connectivity index (χ1v) is 12.4. The highest BCUT2D eigenvalue weighted by Crippen LogP contribution is 2.29. The summed E-state index contributed by atoms with van der Waals surface area (Å²) >= 11 is 12.3. The van der Waals surface area contributed by atoms with Crippen molar-refractivity contribution in [3.63, 3.8) is 0 Å². The standard InChI is InChI=1S/C20H28Cl2N2O3S/c21-18-10-5-11-19(22)17(18)14-28(26,27)24-12-6-7-15(13-24)20(25)23-16-8-3-1-2-4-9-16/h5,10-11,15-16H,1-4,6-9,12-14H2,(H,23,25). The van der Waals surface area contributed by atoms with E-state index in [-0.39, 0.29) is 30.2 Å². The Hall–Kier alpha value is -0.820. The fourth-order valence-corrected chi connectivity index (χ4v) is 6.46. The van der Waals surface area contributed by atoms with Crippen LogP contribution >= 0.6 is 23.2 Å². The molecule has 1 atom stereocenters. The summed E-state index contributed by atoms with van der Waals surface area (Å²) in [6.45, 7) is 0.653. The van der Waals surface area contributed by atoms with Crippen LogP contribution in [0.15, 0.2) is 18.2 Å². The largest absolute Gasteiger partial charge is 0.353 e. The van der Waals surface area contributed by atoms with Crippen molar-refractivity contribution in [3.8, 4) is 0 Å². The first-order valence-electron chi connectivity index (χ1n) is 10.1. The molecule has 1 aromatic rings. The number of nitrogens with one attached hydrogen (secondary N) is 1. The Labute approximate surface area is 177 Å². The van der Waals surface area contributed by atoms with Gasteiger partial charge in [-0.3, -0.25) is 4.79 Å². The predicted octanol–water partition coefficient (Wildman–Crippen LogP) is 4.37. The smallest absolute Gasteiger partial charge is 0.224 e. The molecule has 1 aliphatic carbocycles. The lowest BCUT2D eigenvalue weighted by atomic mass is 9.97. The van der Waals surface area contributed by atoms with Crippen LogP contribution in [0.4, 0.5) is 0 Å². The molecule has 1 aromatic carbocycles. The monoisotopic (exact) mass is 446 g/mol. The van der Waals surface area contributed by atoms with Crippen molar-refractivity contribution in [2.75, 3.05) is 13.1 Å². The van der Waals surface area contributed by atoms with Gasteiger partial charge >= 0.3 is 0 Å². The number of benzene rings is 1. The summed E-state index contributed by atoms with van der Waals surface area (Å²) in [6, 6.07) is 5.19. The highest BCUT2D eigenvalue weighted by molar-refractivity contribution is 7.88. The summed E-state index contributed by atoms with van der Waals surface area (Å²) < 4.78 is 27.3. The van der Waals surface area contributed by atoms with E-state index in [1.165, 1.54) is 17.1 Å². The zero-order valence-electron chi connectivity index (χ0n) is 16.0. The van der Waals surface area contributed by atoms with Crippen molar-refractivity contribution in [1.82, 2.24) is 9.62 Å². The van der Waals surface area contributed by atoms with Crippen LogP contribution in [0.3, 0.4) is 0 Å². The number of carbonyl (C=O) groups excluding carboxylic acids is 1. The SMILES string of the molecule is O=C(NC1CCCCCC1)C1CCCN(S(=O)(=O)Cc2c(Cl)cccc2Cl)C1. The number of nitrogens with zero attached hydrogens (tertiary/aromatic N) is 1. The van der Waals surface area contributed by atoms with Crippen LogP contribution in [0.5, 0.6) is 0 Å². The van der Waals surface area contributed by atoms with Gasteiger partial charge in [-0.1, -0.05) is 55.0 Å². The molecule has 1 unspecified atom stereocenters. The van der Waals surface area contributed by atoms with Gasteiger partial charge in [-0.25, -0.2) is 12.7 Å². The molecular formula is C20H28Cl2N2O3S. The Morgan fingerprint density at radius 2 is 1.68 bits per heavy atom. The van der Waals surface area contributed by atoms with Crippen LogP contribution in [0.25, 0.3) is 0 Å². The fourth-order valence-electron chi connectivity index (χ4n) is 4.10. The van der Waals surface area contributed by atoms with Gasteiger partial charge in [0.25, 0.3) is 0 Å². The average Bonchev–Trinajstić information content (AvgIpc) is 2.94. The molecule has 1 N–H and O–H groups in total. The molecule has 1 saturated heterocycles. The third-order valence-corrected chi connectivity index (χ3v) is 8.22. The fraction of sp³-hybridized carbons (Fsp3) is 0.650. The van der Waals surface area contributed by atoms with Crippen molar-refractivity contribution in [2.24, 2.45) is 5.92 Å². The van der Waals surface area contributed by atoms with E-state index in [4.69, 9.17) is 23.2 Å². The summed E-state index contributed by atoms with van der Waals surface area (Å²) in [4.78, 5) is 12.7. The summed E-state index contributed by atoms with van der Waals surface area (Å²) in [5.74, 6) is -0.557. The van der Waals surface area contributed by atoms with Gasteiger partial charge in [0.1, 0.15) is 0 Å². The molecule has 0 bridgehead atoms. The normalized spacial score (nSPS) is 22.6. The van der Waals surface area contributed by atoms with Gasteiger partial charge in [-0.15, -0.1) is 0 Å². The molecule has 1 aliphatic heterocycles. The minimum atomic E-state index is -3.60. The predicted molar refractivity (Wildman–Crippen MR) is 113 cm³/mol. The van der Waals surface area contributed by atoms with Gasteiger partial charge in [0.05, 0.1) is 11.7 Å². The molecule has 3 rings (SSSR count). The molecule has 0 spiro atoms. The molecule has 2 aliphatic rings. The summed E-state index contributed by atoms with van der Waals surface area (Å²) in [5.41, 5.74) is 0.413. The lowest BCUT2D eigenvalue weighted by Crippen LogP contribution is -2.47. The van der Waals surface area contributed by atoms with E-state index >= 15 is 0 Å². The van der Waals surface area contributed by atoms with Gasteiger partial charge in [0, 0.05) is 34.7 Å². The number of piperidine rings is 1. The first kappa shape index (κ1) is 21.9. The minimum absolute atomic E-state index is 0.0115. The van der Waals surface area contributed by atoms with Gasteiger partial charge in [0.15, 0.2) is 0 Å². The number of halogens is 2. The number of sulfonamides is 1. The molecule has 2 fully saturated rings. The Balaban J connectivity index is 1.64. The lowest BCUT2D eigenvalue weighted by molar-refractivity contribution is -0.126. The van der Waals surface area contributed by atoms with E-state index in [0.717, 1.165) is 32.1 Å². The van der Waals surface area contributed by atoms with Crippen LogP contribution in [-0.4, -0.2) is 37.8 Å². The number of hydrogen-bond acceptors (Lipinski definition) is 3. The first-order chi connectivity index (χ1) is 13.4. The quantitative estimate of drug-likeness (QED) is 0.682. The van der Waals surface area contributed by atoms with Crippen molar-refractivity contribution in [2.45, 2.75) is 63.2 Å². The maximum Gasteiger partial charge on any atom is 0.224 e. The third-order valence-electron chi connectivity index (χ3n) is 5.74. The number of rotatable bonds is 5. The average molecular weight is 447 g/mol. The molecule has 28 heavy (non-hydrogen) atoms. The maximum absolute atomic E-state index is 12.9. The van der Waals surface area contributed by atoms with E-state index in [9.17, 15) is 13.2 Å². The summed E-state index contributed by atoms with van der Waals surface area (Å²) in [5, 5.41) is 3.85. The second-order valence-electron chi connectivity index (χ2n) is 7.85. The van der Waals surface area contributed by atoms with E-state index in [1.807, 2.05) is 0 Å². The minimum Gasteiger partial charge on any atom is -0.353 e. The molecule has 0 radical (unpaired) electrons. The molecule has 8 heteroatoms. The van der Waals surface area contributed by atoms with E-state index in [2.05, 4.69) is 5.32 Å². The Morgan fingerprint density at radius 1 is 1.04 bits per heavy atom. The van der Waals surface area contributed by atoms with Crippen molar-refractivity contribution in [3.05, 3.63) is 33.8 Å². The highest BCUT2D eigenvalue weighted by atomic mass is 35.5. The van der Waals surface area contributed by atoms with Crippen LogP contribution in [-0.2, 0) is 20.6 Å². The number of hydrogen-bond donors (Lipinski definition) is 1. The molecular weight excluding hydrogens is 419 g/mol. The number of amides is 1. The van der Waals surface area contributed by atoms with Crippen LogP contribution in [0.1, 0.15) is 56.9 Å². The second kappa shape index (κ2) is 9.79. The van der Waals surface area contributed by atoms with Crippen molar-refractivity contribution < 1.29 is 13.2 Å². The zero-order chi connectivity index (χ0) is 20.1. The molecule has 156 valence electrons. The van der Waals surface area contributed by atoms with Gasteiger partial charge < -0.3 is 5.32 Å². The van der Waals surface area contributed by atoms with E-state index in [0.29, 0.717) is 28.6 Å². The topological polar surface area (TPSA) is 66.5 Å². The summed E-state index contributed by atoms with van der Waals surface area (Å²) in [6.07, 6.45) is 8.19. The lowest BCUT2D eigenvalue weighted by Gasteiger charge is -2.32. The Morgan fingerprint density at radius 3 is 2.32 bits per heavy atom. The third kappa shape index (κ3) is 5.62. The Kier molecular flexibility index (Phi) is 7.65. The zero-order valence-corrected chi connectivity index (χ0v) is 18.3. The van der Waals surface area contributed by atoms with Crippen LogP contribution < -0.4 is 5.32 Å². The van der Waals surface area contributed by atoms with Gasteiger partial charge in [-0.05, 0) is 37.8 Å². The summed E-state index contributed by atoms with van der Waals surface area (Å²) in [7, 11) is -3.60. The van der Waals surface area contributed by atoms with Crippen molar-refractivity contribution in [1.29, 1.82) is 0 Å². The molecule has 1 saturated carbocycles. The Bertz CT molecular complexity index is 772. The van der Waals surface area contributed by atoms with Crippen LogP contribution in [0, 0.1) is 5.92 Å². The second-order valence-corrected chi connectivity index (χ2v) is 10.6.